The number of Topliss-reactive ketones (excluding diaryl/α,β-unsaturated/α-hetero) is 1. The molecular formula is C28H28O7. The molecule has 2 aromatic rings. The molecule has 2 fully saturated rings. The molecule has 0 aliphatic heterocycles. The standard InChI is InChI=1S/C28H28O7/c29-17-18-1-3-21(4-2-18)27(32)34-24-13-9-20(10-14-24)26(31)19-5-7-22(8-6-19)28(33)35-25-15-11-23(30)12-16-25/h1-4,9-10,13-14,19,22-23,25H,5-8,11-12,15-16H2/t19-,22-,23-,25-. The molecule has 35 heavy (non-hydrogen) atoms. The first kappa shape index (κ1) is 24.8. The number of carbonyl (C=O) groups is 3. The third-order valence-corrected chi connectivity index (χ3v) is 6.92. The van der Waals surface area contributed by atoms with Crippen LogP contribution in [0.3, 0.4) is 0 Å². The summed E-state index contributed by atoms with van der Waals surface area (Å²) in [6.07, 6.45) is 5.94. The fourth-order valence-electron chi connectivity index (χ4n) is 4.77. The normalized spacial score (nSPS) is 24.3. The van der Waals surface area contributed by atoms with Crippen LogP contribution in [0.5, 0.6) is 5.75 Å². The molecule has 0 heterocycles. The molecule has 0 N–H and O–H groups in total. The van der Waals surface area contributed by atoms with Crippen molar-refractivity contribution in [2.75, 3.05) is 0 Å². The van der Waals surface area contributed by atoms with Crippen LogP contribution in [0.15, 0.2) is 48.5 Å². The van der Waals surface area contributed by atoms with Gasteiger partial charge in [-0.3, -0.25) is 14.4 Å². The highest BCUT2D eigenvalue weighted by atomic mass is 16.5. The maximum atomic E-state index is 13.0. The number of ether oxygens (including phenoxy) is 2. The molecule has 2 saturated carbocycles. The summed E-state index contributed by atoms with van der Waals surface area (Å²) < 4.78 is 11.0. The van der Waals surface area contributed by atoms with E-state index in [9.17, 15) is 24.3 Å². The molecule has 0 amide bonds. The van der Waals surface area contributed by atoms with E-state index >= 15 is 0 Å². The van der Waals surface area contributed by atoms with Crippen LogP contribution in [-0.4, -0.2) is 36.2 Å². The zero-order chi connectivity index (χ0) is 24.8. The van der Waals surface area contributed by atoms with Gasteiger partial charge in [0.2, 0.25) is 6.29 Å². The van der Waals surface area contributed by atoms with Crippen LogP contribution in [0.2, 0.25) is 0 Å². The van der Waals surface area contributed by atoms with E-state index in [2.05, 4.69) is 0 Å². The summed E-state index contributed by atoms with van der Waals surface area (Å²) in [6, 6.07) is 12.4. The third-order valence-electron chi connectivity index (χ3n) is 6.92. The van der Waals surface area contributed by atoms with Crippen LogP contribution in [-0.2, 0) is 19.4 Å². The van der Waals surface area contributed by atoms with Gasteiger partial charge in [0.25, 0.3) is 0 Å². The van der Waals surface area contributed by atoms with Crippen molar-refractivity contribution in [3.63, 3.8) is 0 Å². The highest BCUT2D eigenvalue weighted by molar-refractivity contribution is 5.98. The largest absolute Gasteiger partial charge is 0.462 e. The van der Waals surface area contributed by atoms with E-state index in [1.54, 1.807) is 30.6 Å². The summed E-state index contributed by atoms with van der Waals surface area (Å²) in [5.41, 5.74) is 1.19. The molecule has 4 rings (SSSR count). The van der Waals surface area contributed by atoms with Gasteiger partial charge in [0, 0.05) is 17.0 Å². The van der Waals surface area contributed by atoms with Gasteiger partial charge in [-0.25, -0.2) is 9.90 Å². The lowest BCUT2D eigenvalue weighted by Crippen LogP contribution is -2.32. The lowest BCUT2D eigenvalue weighted by Gasteiger charge is -2.29. The molecule has 182 valence electrons. The van der Waals surface area contributed by atoms with Gasteiger partial charge in [0.05, 0.1) is 17.6 Å². The maximum Gasteiger partial charge on any atom is 0.343 e. The van der Waals surface area contributed by atoms with E-state index in [-0.39, 0.29) is 29.7 Å². The molecule has 0 atom stereocenters. The van der Waals surface area contributed by atoms with Gasteiger partial charge in [0.1, 0.15) is 11.9 Å². The maximum absolute atomic E-state index is 13.0. The number of hydrogen-bond acceptors (Lipinski definition) is 6. The summed E-state index contributed by atoms with van der Waals surface area (Å²) in [7, 11) is 0. The van der Waals surface area contributed by atoms with E-state index in [0.29, 0.717) is 73.8 Å². The average Bonchev–Trinajstić information content (AvgIpc) is 2.90. The van der Waals surface area contributed by atoms with Crippen molar-refractivity contribution < 1.29 is 33.8 Å². The Hall–Kier alpha value is -3.32. The van der Waals surface area contributed by atoms with E-state index in [1.165, 1.54) is 24.3 Å². The molecule has 0 aromatic heterocycles. The number of carbonyl (C=O) groups excluding carboxylic acids is 4. The van der Waals surface area contributed by atoms with Gasteiger partial charge in [-0.2, -0.15) is 0 Å². The Bertz CT molecular complexity index is 1040. The van der Waals surface area contributed by atoms with Crippen molar-refractivity contribution in [2.45, 2.75) is 63.6 Å². The van der Waals surface area contributed by atoms with Gasteiger partial charge in [-0.15, -0.1) is 0 Å². The quantitative estimate of drug-likeness (QED) is 0.327. The predicted molar refractivity (Wildman–Crippen MR) is 125 cm³/mol. The molecule has 2 aliphatic rings. The Morgan fingerprint density at radius 1 is 0.714 bits per heavy atom. The SMILES string of the molecule is O=[C]c1ccc(C(=O)Oc2ccc(C(=O)[C@H]3CC[C@H](C(=O)O[C@H]4CC[C@H]([O])CC4)CC3)cc2)cc1. The minimum Gasteiger partial charge on any atom is -0.462 e. The van der Waals surface area contributed by atoms with Crippen LogP contribution < -0.4 is 4.74 Å². The topological polar surface area (TPSA) is 107 Å². The van der Waals surface area contributed by atoms with Crippen LogP contribution in [0.1, 0.15) is 77.6 Å². The van der Waals surface area contributed by atoms with E-state index in [4.69, 9.17) is 9.47 Å². The van der Waals surface area contributed by atoms with Crippen molar-refractivity contribution >= 4 is 24.0 Å². The number of rotatable bonds is 7. The summed E-state index contributed by atoms with van der Waals surface area (Å²) in [6.45, 7) is 0. The summed E-state index contributed by atoms with van der Waals surface area (Å²) in [5, 5.41) is 11.4. The van der Waals surface area contributed by atoms with Crippen LogP contribution in [0, 0.1) is 11.8 Å². The van der Waals surface area contributed by atoms with Crippen LogP contribution >= 0.6 is 0 Å². The summed E-state index contributed by atoms with van der Waals surface area (Å²) in [5.74, 6) is -0.775. The Labute approximate surface area is 204 Å². The molecule has 0 bridgehead atoms. The predicted octanol–water partition coefficient (Wildman–Crippen LogP) is 4.64. The second-order valence-corrected chi connectivity index (χ2v) is 9.34. The fourth-order valence-corrected chi connectivity index (χ4v) is 4.77. The number of hydrogen-bond donors (Lipinski definition) is 0. The second kappa shape index (κ2) is 11.4. The summed E-state index contributed by atoms with van der Waals surface area (Å²) >= 11 is 0. The number of esters is 2. The first-order valence-electron chi connectivity index (χ1n) is 12.1. The number of benzene rings is 2. The molecule has 0 unspecified atom stereocenters. The number of ketones is 1. The smallest absolute Gasteiger partial charge is 0.343 e. The van der Waals surface area contributed by atoms with Gasteiger partial charge in [0.15, 0.2) is 5.78 Å². The fraction of sp³-hybridized carbons (Fsp3) is 0.429. The zero-order valence-electron chi connectivity index (χ0n) is 19.4. The molecule has 2 aromatic carbocycles. The van der Waals surface area contributed by atoms with Crippen LogP contribution in [0.4, 0.5) is 0 Å². The Kier molecular flexibility index (Phi) is 8.08. The van der Waals surface area contributed by atoms with Gasteiger partial charge >= 0.3 is 11.9 Å². The Balaban J connectivity index is 1.25. The van der Waals surface area contributed by atoms with Gasteiger partial charge in [-0.1, -0.05) is 12.1 Å². The first-order chi connectivity index (χ1) is 16.9. The minimum absolute atomic E-state index is 0.0177. The molecule has 0 saturated heterocycles. The second-order valence-electron chi connectivity index (χ2n) is 9.34. The average molecular weight is 477 g/mol. The molecule has 2 radical (unpaired) electrons. The van der Waals surface area contributed by atoms with E-state index in [0.717, 1.165) is 0 Å². The molecule has 0 spiro atoms. The zero-order valence-corrected chi connectivity index (χ0v) is 19.4. The lowest BCUT2D eigenvalue weighted by atomic mass is 9.78. The van der Waals surface area contributed by atoms with Crippen molar-refractivity contribution in [3.05, 3.63) is 65.2 Å². The molecule has 2 aliphatic carbocycles. The highest BCUT2D eigenvalue weighted by Crippen LogP contribution is 2.33. The summed E-state index contributed by atoms with van der Waals surface area (Å²) in [4.78, 5) is 48.3. The first-order valence-corrected chi connectivity index (χ1v) is 12.1. The Morgan fingerprint density at radius 2 is 1.29 bits per heavy atom. The molecule has 7 nitrogen and oxygen atoms in total. The molecule has 7 heteroatoms. The van der Waals surface area contributed by atoms with Crippen molar-refractivity contribution in [3.8, 4) is 5.75 Å². The lowest BCUT2D eigenvalue weighted by molar-refractivity contribution is -0.158. The van der Waals surface area contributed by atoms with E-state index < -0.39 is 12.1 Å². The van der Waals surface area contributed by atoms with Crippen molar-refractivity contribution in [1.29, 1.82) is 0 Å². The Morgan fingerprint density at radius 3 is 1.89 bits per heavy atom. The minimum atomic E-state index is -0.562. The van der Waals surface area contributed by atoms with Gasteiger partial charge in [-0.05, 0) is 87.8 Å². The molecular weight excluding hydrogens is 448 g/mol. The van der Waals surface area contributed by atoms with Crippen LogP contribution in [0.25, 0.3) is 0 Å². The van der Waals surface area contributed by atoms with Gasteiger partial charge < -0.3 is 9.47 Å². The highest BCUT2D eigenvalue weighted by Gasteiger charge is 2.33. The third kappa shape index (κ3) is 6.42. The van der Waals surface area contributed by atoms with E-state index in [1.807, 2.05) is 0 Å². The monoisotopic (exact) mass is 476 g/mol. The van der Waals surface area contributed by atoms with Crippen molar-refractivity contribution in [2.24, 2.45) is 11.8 Å². The van der Waals surface area contributed by atoms with Crippen molar-refractivity contribution in [1.82, 2.24) is 0 Å².